The summed E-state index contributed by atoms with van der Waals surface area (Å²) in [5.74, 6) is -3.02. The summed E-state index contributed by atoms with van der Waals surface area (Å²) in [6, 6.07) is 2.77. The number of hydrogen-bond donors (Lipinski definition) is 2. The van der Waals surface area contributed by atoms with Gasteiger partial charge in [-0.15, -0.1) is 0 Å². The van der Waals surface area contributed by atoms with Crippen molar-refractivity contribution in [2.75, 3.05) is 19.8 Å². The maximum absolute atomic E-state index is 12.1. The van der Waals surface area contributed by atoms with Gasteiger partial charge in [-0.2, -0.15) is 0 Å². The van der Waals surface area contributed by atoms with Crippen LogP contribution in [0.5, 0.6) is 11.5 Å². The van der Waals surface area contributed by atoms with Crippen molar-refractivity contribution in [2.24, 2.45) is 17.6 Å². The molecule has 0 aliphatic heterocycles. The molecule has 1 rings (SSSR count). The van der Waals surface area contributed by atoms with Gasteiger partial charge in [0.05, 0.1) is 19.8 Å². The normalized spacial score (nSPS) is 13.3. The molecule has 3 N–H and O–H groups in total. The lowest BCUT2D eigenvalue weighted by Gasteiger charge is -2.28. The molecule has 35 heavy (non-hydrogen) atoms. The van der Waals surface area contributed by atoms with E-state index in [0.29, 0.717) is 17.9 Å². The average molecular weight is 498 g/mol. The van der Waals surface area contributed by atoms with E-state index in [1.807, 2.05) is 13.8 Å². The van der Waals surface area contributed by atoms with E-state index in [0.717, 1.165) is 0 Å². The number of carbonyl (C=O) groups excluding carboxylic acids is 3. The third-order valence-electron chi connectivity index (χ3n) is 4.98. The Morgan fingerprint density at radius 2 is 1.49 bits per heavy atom. The minimum absolute atomic E-state index is 0.0400. The van der Waals surface area contributed by atoms with E-state index in [-0.39, 0.29) is 37.7 Å². The Hall–Kier alpha value is -3.34. The number of ether oxygens (including phenoxy) is 5. The van der Waals surface area contributed by atoms with Gasteiger partial charge in [-0.1, -0.05) is 26.8 Å². The number of carboxylic acids is 1. The van der Waals surface area contributed by atoms with Crippen molar-refractivity contribution in [2.45, 2.75) is 59.4 Å². The van der Waals surface area contributed by atoms with Crippen LogP contribution in [0.3, 0.4) is 0 Å². The average Bonchev–Trinajstić information content (AvgIpc) is 2.78. The van der Waals surface area contributed by atoms with Crippen molar-refractivity contribution in [1.82, 2.24) is 0 Å². The number of carboxylic acid groups (broad SMARTS) is 1. The Kier molecular flexibility index (Phi) is 12.6. The number of aliphatic carboxylic acids is 1. The molecule has 0 fully saturated rings. The van der Waals surface area contributed by atoms with Gasteiger partial charge in [0.1, 0.15) is 6.04 Å². The number of benzene rings is 1. The molecule has 0 aromatic heterocycles. The third-order valence-corrected chi connectivity index (χ3v) is 4.98. The van der Waals surface area contributed by atoms with E-state index >= 15 is 0 Å². The van der Waals surface area contributed by atoms with Gasteiger partial charge in [0.2, 0.25) is 0 Å². The smallest absolute Gasteiger partial charge is 0.480 e. The van der Waals surface area contributed by atoms with Gasteiger partial charge >= 0.3 is 24.2 Å². The highest BCUT2D eigenvalue weighted by Crippen LogP contribution is 2.36. The molecule has 0 radical (unpaired) electrons. The lowest BCUT2D eigenvalue weighted by molar-refractivity contribution is -0.145. The van der Waals surface area contributed by atoms with Crippen LogP contribution in [0.1, 0.15) is 58.9 Å². The van der Waals surface area contributed by atoms with Crippen LogP contribution in [-0.4, -0.2) is 55.2 Å². The summed E-state index contributed by atoms with van der Waals surface area (Å²) in [7, 11) is 0. The topological polar surface area (TPSA) is 161 Å². The monoisotopic (exact) mass is 497 g/mol. The van der Waals surface area contributed by atoms with Crippen LogP contribution in [0.15, 0.2) is 18.2 Å². The highest BCUT2D eigenvalue weighted by molar-refractivity contribution is 5.75. The van der Waals surface area contributed by atoms with Crippen LogP contribution in [0.2, 0.25) is 0 Å². The van der Waals surface area contributed by atoms with Crippen LogP contribution in [-0.2, 0) is 23.8 Å². The molecule has 1 aromatic carbocycles. The highest BCUT2D eigenvalue weighted by Gasteiger charge is 2.33. The largest absolute Gasteiger partial charge is 0.513 e. The molecule has 0 aliphatic rings. The van der Waals surface area contributed by atoms with Gasteiger partial charge in [0.15, 0.2) is 11.5 Å². The Morgan fingerprint density at radius 3 is 2.00 bits per heavy atom. The summed E-state index contributed by atoms with van der Waals surface area (Å²) in [6.45, 7) is 8.88. The molecule has 0 amide bonds. The lowest BCUT2D eigenvalue weighted by atomic mass is 9.82. The molecule has 0 saturated carbocycles. The second-order valence-electron chi connectivity index (χ2n) is 8.26. The number of esters is 1. The van der Waals surface area contributed by atoms with Crippen LogP contribution in [0.4, 0.5) is 9.59 Å². The molecule has 196 valence electrons. The van der Waals surface area contributed by atoms with Crippen molar-refractivity contribution in [3.05, 3.63) is 23.8 Å². The second-order valence-corrected chi connectivity index (χ2v) is 8.26. The Morgan fingerprint density at radius 1 is 0.914 bits per heavy atom. The van der Waals surface area contributed by atoms with Crippen LogP contribution < -0.4 is 15.2 Å². The molecule has 1 aromatic rings. The summed E-state index contributed by atoms with van der Waals surface area (Å²) in [6.07, 6.45) is -1.15. The second kappa shape index (κ2) is 14.8. The fourth-order valence-corrected chi connectivity index (χ4v) is 3.22. The maximum atomic E-state index is 12.1. The standard InChI is InChI=1S/C24H35NO10/c1-6-31-23(29)34-17-10-9-16(12-18(17)35-24(30)32-7-2)20(21(25)22(27)28)15(5)13-33-19(26)11-8-14(3)4/h9-10,12,14-15,20-21H,6-8,11,13,25H2,1-5H3,(H,27,28)/t15?,20?,21-/m0/s1. The van der Waals surface area contributed by atoms with E-state index in [4.69, 9.17) is 29.4 Å². The quantitative estimate of drug-likeness (QED) is 0.231. The Balaban J connectivity index is 3.25. The fourth-order valence-electron chi connectivity index (χ4n) is 3.22. The van der Waals surface area contributed by atoms with Gasteiger partial charge < -0.3 is 34.5 Å². The van der Waals surface area contributed by atoms with E-state index < -0.39 is 42.1 Å². The summed E-state index contributed by atoms with van der Waals surface area (Å²) in [5.41, 5.74) is 6.34. The SMILES string of the molecule is CCOC(=O)Oc1ccc(C(C(C)COC(=O)CCC(C)C)[C@H](N)C(=O)O)cc1OC(=O)OCC. The van der Waals surface area contributed by atoms with Crippen molar-refractivity contribution < 1.29 is 48.0 Å². The summed E-state index contributed by atoms with van der Waals surface area (Å²) < 4.78 is 25.1. The van der Waals surface area contributed by atoms with E-state index in [9.17, 15) is 24.3 Å². The van der Waals surface area contributed by atoms with Crippen molar-refractivity contribution in [3.8, 4) is 11.5 Å². The van der Waals surface area contributed by atoms with Crippen LogP contribution in [0.25, 0.3) is 0 Å². The molecule has 2 unspecified atom stereocenters. The maximum Gasteiger partial charge on any atom is 0.513 e. The first-order valence-electron chi connectivity index (χ1n) is 11.5. The molecule has 11 nitrogen and oxygen atoms in total. The van der Waals surface area contributed by atoms with E-state index in [1.165, 1.54) is 18.2 Å². The predicted octanol–water partition coefficient (Wildman–Crippen LogP) is 3.87. The zero-order valence-electron chi connectivity index (χ0n) is 20.8. The third kappa shape index (κ3) is 10.2. The van der Waals surface area contributed by atoms with Crippen molar-refractivity contribution in [1.29, 1.82) is 0 Å². The molecular weight excluding hydrogens is 462 g/mol. The Labute approximate surface area is 204 Å². The molecular formula is C24H35NO10. The molecule has 11 heteroatoms. The lowest BCUT2D eigenvalue weighted by Crippen LogP contribution is -2.40. The first-order valence-corrected chi connectivity index (χ1v) is 11.5. The summed E-state index contributed by atoms with van der Waals surface area (Å²) in [4.78, 5) is 47.5. The number of hydrogen-bond acceptors (Lipinski definition) is 10. The zero-order valence-corrected chi connectivity index (χ0v) is 20.8. The first kappa shape index (κ1) is 29.7. The Bertz CT molecular complexity index is 870. The van der Waals surface area contributed by atoms with Crippen LogP contribution in [0, 0.1) is 11.8 Å². The van der Waals surface area contributed by atoms with E-state index in [1.54, 1.807) is 20.8 Å². The van der Waals surface area contributed by atoms with Crippen LogP contribution >= 0.6 is 0 Å². The molecule has 0 saturated heterocycles. The fraction of sp³-hybridized carbons (Fsp3) is 0.583. The van der Waals surface area contributed by atoms with Gasteiger partial charge in [-0.05, 0) is 49.8 Å². The van der Waals surface area contributed by atoms with Crippen molar-refractivity contribution >= 4 is 24.2 Å². The van der Waals surface area contributed by atoms with Gasteiger partial charge in [-0.25, -0.2) is 9.59 Å². The van der Waals surface area contributed by atoms with Crippen molar-refractivity contribution in [3.63, 3.8) is 0 Å². The summed E-state index contributed by atoms with van der Waals surface area (Å²) in [5, 5.41) is 9.58. The number of carbonyl (C=O) groups is 4. The van der Waals surface area contributed by atoms with Gasteiger partial charge in [0, 0.05) is 12.3 Å². The molecule has 0 heterocycles. The highest BCUT2D eigenvalue weighted by atomic mass is 16.7. The molecule has 3 atom stereocenters. The number of rotatable bonds is 13. The number of nitrogens with two attached hydrogens (primary N) is 1. The van der Waals surface area contributed by atoms with Gasteiger partial charge in [0.25, 0.3) is 0 Å². The zero-order chi connectivity index (χ0) is 26.5. The van der Waals surface area contributed by atoms with Gasteiger partial charge in [-0.3, -0.25) is 9.59 Å². The molecule has 0 bridgehead atoms. The minimum atomic E-state index is -1.37. The summed E-state index contributed by atoms with van der Waals surface area (Å²) >= 11 is 0. The molecule has 0 aliphatic carbocycles. The van der Waals surface area contributed by atoms with E-state index in [2.05, 4.69) is 0 Å². The predicted molar refractivity (Wildman–Crippen MR) is 124 cm³/mol. The first-order chi connectivity index (χ1) is 16.5. The molecule has 0 spiro atoms. The minimum Gasteiger partial charge on any atom is -0.480 e.